The number of unbranched alkanes of at least 4 members (excludes halogenated alkanes) is 1. The van der Waals surface area contributed by atoms with E-state index in [9.17, 15) is 9.59 Å². The maximum Gasteiger partial charge on any atom is 0.306 e. The van der Waals surface area contributed by atoms with E-state index >= 15 is 0 Å². The summed E-state index contributed by atoms with van der Waals surface area (Å²) in [7, 11) is 1.37. The van der Waals surface area contributed by atoms with Gasteiger partial charge in [-0.05, 0) is 37.6 Å². The summed E-state index contributed by atoms with van der Waals surface area (Å²) >= 11 is 0. The first-order valence-corrected chi connectivity index (χ1v) is 6.92. The molecule has 112 valence electrons. The monoisotopic (exact) mass is 273 g/mol. The summed E-state index contributed by atoms with van der Waals surface area (Å²) in [6, 6.07) is 0. The first kappa shape index (κ1) is 17.9. The van der Waals surface area contributed by atoms with Crippen molar-refractivity contribution >= 4 is 11.9 Å². The van der Waals surface area contributed by atoms with Crippen molar-refractivity contribution in [3.05, 3.63) is 0 Å². The first-order chi connectivity index (χ1) is 8.99. The van der Waals surface area contributed by atoms with Crippen molar-refractivity contribution in [2.45, 2.75) is 46.0 Å². The van der Waals surface area contributed by atoms with Crippen LogP contribution in [-0.4, -0.2) is 32.2 Å². The van der Waals surface area contributed by atoms with E-state index < -0.39 is 0 Å². The smallest absolute Gasteiger partial charge is 0.306 e. The highest BCUT2D eigenvalue weighted by Crippen LogP contribution is 2.14. The average molecular weight is 273 g/mol. The van der Waals surface area contributed by atoms with Crippen LogP contribution in [0, 0.1) is 11.8 Å². The quantitative estimate of drug-likeness (QED) is 0.485. The number of hydrogen-bond acceptors (Lipinski definition) is 5. The van der Waals surface area contributed by atoms with Gasteiger partial charge in [-0.2, -0.15) is 0 Å². The lowest BCUT2D eigenvalue weighted by Crippen LogP contribution is -2.21. The van der Waals surface area contributed by atoms with Crippen molar-refractivity contribution in [3.8, 4) is 0 Å². The predicted molar refractivity (Wildman–Crippen MR) is 73.4 cm³/mol. The van der Waals surface area contributed by atoms with E-state index in [1.54, 1.807) is 0 Å². The highest BCUT2D eigenvalue weighted by atomic mass is 16.5. The lowest BCUT2D eigenvalue weighted by molar-refractivity contribution is -0.145. The summed E-state index contributed by atoms with van der Waals surface area (Å²) in [6.45, 7) is 5.09. The number of carbonyl (C=O) groups is 2. The molecule has 19 heavy (non-hydrogen) atoms. The van der Waals surface area contributed by atoms with E-state index in [0.29, 0.717) is 44.8 Å². The molecule has 0 aliphatic carbocycles. The second-order valence-corrected chi connectivity index (χ2v) is 5.19. The molecule has 0 aliphatic rings. The molecule has 0 fully saturated rings. The average Bonchev–Trinajstić information content (AvgIpc) is 2.36. The van der Waals surface area contributed by atoms with Crippen molar-refractivity contribution in [3.63, 3.8) is 0 Å². The maximum absolute atomic E-state index is 11.6. The molecule has 0 spiro atoms. The van der Waals surface area contributed by atoms with Crippen LogP contribution in [0.5, 0.6) is 0 Å². The van der Waals surface area contributed by atoms with E-state index in [-0.39, 0.29) is 17.9 Å². The summed E-state index contributed by atoms with van der Waals surface area (Å²) in [5, 5.41) is 0. The molecule has 0 aromatic carbocycles. The molecule has 0 saturated heterocycles. The highest BCUT2D eigenvalue weighted by molar-refractivity contribution is 5.70. The zero-order chi connectivity index (χ0) is 14.7. The summed E-state index contributed by atoms with van der Waals surface area (Å²) in [5.74, 6) is 0.296. The van der Waals surface area contributed by atoms with Crippen LogP contribution >= 0.6 is 0 Å². The third kappa shape index (κ3) is 10.5. The summed E-state index contributed by atoms with van der Waals surface area (Å²) < 4.78 is 9.65. The molecule has 5 heteroatoms. The van der Waals surface area contributed by atoms with Gasteiger partial charge in [0.25, 0.3) is 0 Å². The number of carbonyl (C=O) groups excluding carboxylic acids is 2. The van der Waals surface area contributed by atoms with Gasteiger partial charge in [0.1, 0.15) is 0 Å². The van der Waals surface area contributed by atoms with Gasteiger partial charge < -0.3 is 15.2 Å². The minimum atomic E-state index is -0.230. The summed E-state index contributed by atoms with van der Waals surface area (Å²) in [4.78, 5) is 22.4. The molecule has 0 rings (SSSR count). The van der Waals surface area contributed by atoms with Gasteiger partial charge in [0, 0.05) is 12.8 Å². The van der Waals surface area contributed by atoms with Crippen LogP contribution in [0.3, 0.4) is 0 Å². The molecular weight excluding hydrogens is 246 g/mol. The normalized spacial score (nSPS) is 12.3. The zero-order valence-corrected chi connectivity index (χ0v) is 12.3. The lowest BCUT2D eigenvalue weighted by Gasteiger charge is -2.16. The van der Waals surface area contributed by atoms with Gasteiger partial charge in [-0.15, -0.1) is 0 Å². The molecule has 0 heterocycles. The highest BCUT2D eigenvalue weighted by Gasteiger charge is 2.14. The Hall–Kier alpha value is -1.10. The Morgan fingerprint density at radius 3 is 2.37 bits per heavy atom. The molecule has 0 aromatic heterocycles. The molecule has 0 saturated carbocycles. The Morgan fingerprint density at radius 1 is 1.16 bits per heavy atom. The number of methoxy groups -OCH3 is 1. The van der Waals surface area contributed by atoms with Crippen molar-refractivity contribution in [2.75, 3.05) is 20.3 Å². The summed E-state index contributed by atoms with van der Waals surface area (Å²) in [6.07, 6.45) is 3.04. The SMILES string of the molecule is COC(=O)CCCCOC(=O)C[C@@H](CN)CC(C)C. The third-order valence-corrected chi connectivity index (χ3v) is 2.86. The van der Waals surface area contributed by atoms with Gasteiger partial charge in [0.15, 0.2) is 0 Å². The maximum atomic E-state index is 11.6. The second-order valence-electron chi connectivity index (χ2n) is 5.19. The summed E-state index contributed by atoms with van der Waals surface area (Å²) in [5.41, 5.74) is 5.64. The minimum absolute atomic E-state index is 0.197. The van der Waals surface area contributed by atoms with Crippen LogP contribution < -0.4 is 5.73 Å². The van der Waals surface area contributed by atoms with Gasteiger partial charge in [0.2, 0.25) is 0 Å². The number of hydrogen-bond donors (Lipinski definition) is 1. The van der Waals surface area contributed by atoms with Crippen LogP contribution in [0.25, 0.3) is 0 Å². The topological polar surface area (TPSA) is 78.6 Å². The van der Waals surface area contributed by atoms with Crippen molar-refractivity contribution in [1.82, 2.24) is 0 Å². The van der Waals surface area contributed by atoms with Crippen LogP contribution in [0.1, 0.15) is 46.0 Å². The second kappa shape index (κ2) is 10.8. The van der Waals surface area contributed by atoms with Crippen LogP contribution in [-0.2, 0) is 19.1 Å². The van der Waals surface area contributed by atoms with Crippen LogP contribution in [0.15, 0.2) is 0 Å². The van der Waals surface area contributed by atoms with E-state index in [0.717, 1.165) is 6.42 Å². The Morgan fingerprint density at radius 2 is 1.84 bits per heavy atom. The van der Waals surface area contributed by atoms with E-state index in [4.69, 9.17) is 10.5 Å². The Bertz CT molecular complexity index is 266. The molecule has 0 aromatic rings. The standard InChI is InChI=1S/C14H27NO4/c1-11(2)8-12(10-15)9-14(17)19-7-5-4-6-13(16)18-3/h11-12H,4-10,15H2,1-3H3/t12-/m0/s1. The van der Waals surface area contributed by atoms with Gasteiger partial charge in [-0.1, -0.05) is 13.8 Å². The number of nitrogens with two attached hydrogens (primary N) is 1. The third-order valence-electron chi connectivity index (χ3n) is 2.86. The van der Waals surface area contributed by atoms with Gasteiger partial charge in [0.05, 0.1) is 13.7 Å². The van der Waals surface area contributed by atoms with Gasteiger partial charge in [-0.3, -0.25) is 9.59 Å². The fourth-order valence-electron chi connectivity index (χ4n) is 1.88. The van der Waals surface area contributed by atoms with Crippen molar-refractivity contribution < 1.29 is 19.1 Å². The Labute approximate surface area is 115 Å². The first-order valence-electron chi connectivity index (χ1n) is 6.92. The number of ether oxygens (including phenoxy) is 2. The van der Waals surface area contributed by atoms with E-state index in [1.165, 1.54) is 7.11 Å². The van der Waals surface area contributed by atoms with E-state index in [2.05, 4.69) is 18.6 Å². The largest absolute Gasteiger partial charge is 0.469 e. The molecule has 0 aliphatic heterocycles. The predicted octanol–water partition coefficient (Wildman–Crippen LogP) is 1.88. The van der Waals surface area contributed by atoms with Crippen molar-refractivity contribution in [1.29, 1.82) is 0 Å². The van der Waals surface area contributed by atoms with Crippen LogP contribution in [0.2, 0.25) is 0 Å². The van der Waals surface area contributed by atoms with Crippen molar-refractivity contribution in [2.24, 2.45) is 17.6 Å². The van der Waals surface area contributed by atoms with E-state index in [1.807, 2.05) is 0 Å². The molecule has 0 bridgehead atoms. The molecule has 0 unspecified atom stereocenters. The van der Waals surface area contributed by atoms with Gasteiger partial charge in [-0.25, -0.2) is 0 Å². The molecule has 0 radical (unpaired) electrons. The molecule has 2 N–H and O–H groups in total. The zero-order valence-electron chi connectivity index (χ0n) is 12.3. The molecule has 0 amide bonds. The number of rotatable bonds is 10. The number of esters is 2. The lowest BCUT2D eigenvalue weighted by atomic mass is 9.94. The fraction of sp³-hybridized carbons (Fsp3) is 0.857. The Kier molecular flexibility index (Phi) is 10.2. The van der Waals surface area contributed by atoms with Crippen LogP contribution in [0.4, 0.5) is 0 Å². The van der Waals surface area contributed by atoms with Gasteiger partial charge >= 0.3 is 11.9 Å². The molecule has 5 nitrogen and oxygen atoms in total. The minimum Gasteiger partial charge on any atom is -0.469 e. The molecular formula is C14H27NO4. The fourth-order valence-corrected chi connectivity index (χ4v) is 1.88. The Balaban J connectivity index is 3.65. The molecule has 1 atom stereocenters.